The smallest absolute Gasteiger partial charge is 0.178 e. The quantitative estimate of drug-likeness (QED) is 0.747. The predicted octanol–water partition coefficient (Wildman–Crippen LogP) is 2.83. The predicted molar refractivity (Wildman–Crippen MR) is 86.2 cm³/mol. The summed E-state index contributed by atoms with van der Waals surface area (Å²) in [6.45, 7) is 4.66. The fourth-order valence-electron chi connectivity index (χ4n) is 6.17. The Hall–Kier alpha value is -0.930. The highest BCUT2D eigenvalue weighted by Crippen LogP contribution is 2.64. The summed E-state index contributed by atoms with van der Waals surface area (Å²) in [6, 6.07) is 0. The van der Waals surface area contributed by atoms with Crippen molar-refractivity contribution in [2.75, 3.05) is 0 Å². The van der Waals surface area contributed by atoms with Gasteiger partial charge in [-0.1, -0.05) is 25.5 Å². The fraction of sp³-hybridized carbons (Fsp3) is 0.737. The zero-order valence-corrected chi connectivity index (χ0v) is 13.6. The van der Waals surface area contributed by atoms with Crippen LogP contribution in [-0.4, -0.2) is 22.5 Å². The SMILES string of the molecule is C[C@]12CC[C@H]3[C@@H](CCC4=CC(=O)C=C[C@@]43C)[C@@H]1CC[C@@H]2O.O. The van der Waals surface area contributed by atoms with E-state index >= 15 is 0 Å². The minimum Gasteiger partial charge on any atom is -0.412 e. The molecule has 0 spiro atoms. The number of allylic oxidation sites excluding steroid dienone is 4. The maximum Gasteiger partial charge on any atom is 0.178 e. The molecule has 3 N–H and O–H groups in total. The fourth-order valence-corrected chi connectivity index (χ4v) is 6.17. The van der Waals surface area contributed by atoms with Crippen LogP contribution in [0.4, 0.5) is 0 Å². The first kappa shape index (κ1) is 15.9. The van der Waals surface area contributed by atoms with Crippen molar-refractivity contribution in [2.45, 2.75) is 58.5 Å². The molecule has 22 heavy (non-hydrogen) atoms. The normalized spacial score (nSPS) is 49.6. The first-order valence-corrected chi connectivity index (χ1v) is 8.57. The molecule has 0 unspecified atom stereocenters. The van der Waals surface area contributed by atoms with Gasteiger partial charge in [0.25, 0.3) is 0 Å². The third-order valence-electron chi connectivity index (χ3n) is 7.51. The molecule has 0 aliphatic heterocycles. The summed E-state index contributed by atoms with van der Waals surface area (Å²) in [6.07, 6.45) is 12.6. The van der Waals surface area contributed by atoms with E-state index < -0.39 is 0 Å². The molecule has 4 aliphatic carbocycles. The summed E-state index contributed by atoms with van der Waals surface area (Å²) in [4.78, 5) is 11.7. The third-order valence-corrected chi connectivity index (χ3v) is 7.51. The van der Waals surface area contributed by atoms with Crippen molar-refractivity contribution in [3.63, 3.8) is 0 Å². The highest BCUT2D eigenvalue weighted by atomic mass is 16.3. The monoisotopic (exact) mass is 304 g/mol. The van der Waals surface area contributed by atoms with Gasteiger partial charge in [-0.15, -0.1) is 0 Å². The number of hydrogen-bond donors (Lipinski definition) is 1. The molecule has 3 heteroatoms. The molecule has 0 bridgehead atoms. The molecule has 3 nitrogen and oxygen atoms in total. The first-order valence-electron chi connectivity index (χ1n) is 8.57. The Balaban J connectivity index is 0.00000144. The van der Waals surface area contributed by atoms with Crippen molar-refractivity contribution in [2.24, 2.45) is 28.6 Å². The van der Waals surface area contributed by atoms with E-state index in [2.05, 4.69) is 19.9 Å². The standard InChI is InChI=1S/C19H26O2.H2O/c1-18-9-7-13(20)11-12(18)3-4-14-15-5-6-17(21)19(15,2)10-8-16(14)18;/h7,9,11,14-17,21H,3-6,8,10H2,1-2H3;1H2/t14-,15-,16-,17-,18-,19-;/m0./s1. The molecule has 4 rings (SSSR count). The van der Waals surface area contributed by atoms with Gasteiger partial charge in [-0.3, -0.25) is 4.79 Å². The third kappa shape index (κ3) is 1.91. The lowest BCUT2D eigenvalue weighted by Crippen LogP contribution is -2.50. The van der Waals surface area contributed by atoms with Crippen molar-refractivity contribution in [1.29, 1.82) is 0 Å². The van der Waals surface area contributed by atoms with E-state index in [0.717, 1.165) is 25.2 Å². The van der Waals surface area contributed by atoms with Crippen molar-refractivity contribution < 1.29 is 15.4 Å². The Labute approximate surface area is 132 Å². The number of aliphatic hydroxyl groups is 1. The Morgan fingerprint density at radius 1 is 1.14 bits per heavy atom. The Kier molecular flexibility index (Phi) is 3.65. The largest absolute Gasteiger partial charge is 0.412 e. The van der Waals surface area contributed by atoms with Crippen LogP contribution in [0.15, 0.2) is 23.8 Å². The zero-order chi connectivity index (χ0) is 14.8. The van der Waals surface area contributed by atoms with Crippen LogP contribution < -0.4 is 0 Å². The highest BCUT2D eigenvalue weighted by Gasteiger charge is 2.58. The molecule has 0 aromatic carbocycles. The second kappa shape index (κ2) is 5.04. The van der Waals surface area contributed by atoms with E-state index in [9.17, 15) is 9.90 Å². The first-order chi connectivity index (χ1) is 9.95. The maximum atomic E-state index is 11.7. The lowest BCUT2D eigenvalue weighted by Gasteiger charge is -2.56. The Bertz CT molecular complexity index is 549. The van der Waals surface area contributed by atoms with Crippen LogP contribution in [0.2, 0.25) is 0 Å². The van der Waals surface area contributed by atoms with Gasteiger partial charge < -0.3 is 10.6 Å². The average Bonchev–Trinajstić information content (AvgIpc) is 2.76. The van der Waals surface area contributed by atoms with Gasteiger partial charge in [-0.05, 0) is 73.8 Å². The zero-order valence-electron chi connectivity index (χ0n) is 13.6. The molecule has 0 aromatic heterocycles. The van der Waals surface area contributed by atoms with Gasteiger partial charge in [0.15, 0.2) is 5.78 Å². The van der Waals surface area contributed by atoms with Crippen molar-refractivity contribution in [1.82, 2.24) is 0 Å². The van der Waals surface area contributed by atoms with E-state index in [1.54, 1.807) is 6.08 Å². The molecule has 0 amide bonds. The van der Waals surface area contributed by atoms with Crippen LogP contribution in [0.25, 0.3) is 0 Å². The molecule has 0 aromatic rings. The van der Waals surface area contributed by atoms with E-state index in [4.69, 9.17) is 0 Å². The number of hydrogen-bond acceptors (Lipinski definition) is 2. The number of aliphatic hydroxyl groups excluding tert-OH is 1. The molecule has 0 heterocycles. The minimum absolute atomic E-state index is 0. The van der Waals surface area contributed by atoms with Gasteiger partial charge in [0.1, 0.15) is 0 Å². The second-order valence-electron chi connectivity index (χ2n) is 8.24. The van der Waals surface area contributed by atoms with Crippen molar-refractivity contribution in [3.05, 3.63) is 23.8 Å². The van der Waals surface area contributed by atoms with Crippen LogP contribution >= 0.6 is 0 Å². The topological polar surface area (TPSA) is 68.8 Å². The van der Waals surface area contributed by atoms with Gasteiger partial charge in [-0.2, -0.15) is 0 Å². The van der Waals surface area contributed by atoms with E-state index in [-0.39, 0.29) is 28.2 Å². The number of ketones is 1. The van der Waals surface area contributed by atoms with Gasteiger partial charge in [0.05, 0.1) is 6.10 Å². The average molecular weight is 304 g/mol. The van der Waals surface area contributed by atoms with Crippen LogP contribution in [0, 0.1) is 28.6 Å². The number of fused-ring (bicyclic) bond motifs is 5. The van der Waals surface area contributed by atoms with Gasteiger partial charge in [-0.25, -0.2) is 0 Å². The molecular formula is C19H28O3. The van der Waals surface area contributed by atoms with Crippen LogP contribution in [-0.2, 0) is 4.79 Å². The summed E-state index contributed by atoms with van der Waals surface area (Å²) in [7, 11) is 0. The minimum atomic E-state index is -0.100. The van der Waals surface area contributed by atoms with Gasteiger partial charge in [0, 0.05) is 5.41 Å². The summed E-state index contributed by atoms with van der Waals surface area (Å²) < 4.78 is 0. The molecule has 6 atom stereocenters. The molecular weight excluding hydrogens is 276 g/mol. The molecule has 0 radical (unpaired) electrons. The van der Waals surface area contributed by atoms with E-state index in [1.807, 2.05) is 6.08 Å². The number of carbonyl (C=O) groups is 1. The molecule has 4 aliphatic rings. The number of carbonyl (C=O) groups excluding carboxylic acids is 1. The summed E-state index contributed by atoms with van der Waals surface area (Å²) in [5.41, 5.74) is 1.59. The molecule has 3 saturated carbocycles. The number of rotatable bonds is 0. The Morgan fingerprint density at radius 2 is 1.91 bits per heavy atom. The lowest BCUT2D eigenvalue weighted by molar-refractivity contribution is -0.111. The lowest BCUT2D eigenvalue weighted by atomic mass is 9.48. The highest BCUT2D eigenvalue weighted by molar-refractivity contribution is 6.01. The van der Waals surface area contributed by atoms with Crippen molar-refractivity contribution >= 4 is 5.78 Å². The second-order valence-corrected chi connectivity index (χ2v) is 8.24. The van der Waals surface area contributed by atoms with Crippen molar-refractivity contribution in [3.8, 4) is 0 Å². The maximum absolute atomic E-state index is 11.7. The van der Waals surface area contributed by atoms with Gasteiger partial charge >= 0.3 is 0 Å². The van der Waals surface area contributed by atoms with E-state index in [1.165, 1.54) is 24.8 Å². The molecule has 0 saturated heterocycles. The molecule has 3 fully saturated rings. The summed E-state index contributed by atoms with van der Waals surface area (Å²) >= 11 is 0. The summed E-state index contributed by atoms with van der Waals surface area (Å²) in [5.74, 6) is 2.22. The Morgan fingerprint density at radius 3 is 2.68 bits per heavy atom. The molecule has 122 valence electrons. The van der Waals surface area contributed by atoms with Crippen LogP contribution in [0.1, 0.15) is 52.4 Å². The van der Waals surface area contributed by atoms with Crippen LogP contribution in [0.3, 0.4) is 0 Å². The van der Waals surface area contributed by atoms with E-state index in [0.29, 0.717) is 11.8 Å². The van der Waals surface area contributed by atoms with Crippen LogP contribution in [0.5, 0.6) is 0 Å². The summed E-state index contributed by atoms with van der Waals surface area (Å²) in [5, 5.41) is 10.4. The van der Waals surface area contributed by atoms with Gasteiger partial charge in [0.2, 0.25) is 0 Å².